The lowest BCUT2D eigenvalue weighted by Gasteiger charge is -2.32. The van der Waals surface area contributed by atoms with Gasteiger partial charge in [-0.25, -0.2) is 4.79 Å². The van der Waals surface area contributed by atoms with E-state index in [1.54, 1.807) is 6.33 Å². The van der Waals surface area contributed by atoms with Crippen molar-refractivity contribution in [3.63, 3.8) is 0 Å². The Morgan fingerprint density at radius 1 is 1.40 bits per heavy atom. The van der Waals surface area contributed by atoms with Crippen LogP contribution in [-0.4, -0.2) is 38.8 Å². The van der Waals surface area contributed by atoms with Crippen molar-refractivity contribution >= 4 is 11.7 Å². The summed E-state index contributed by atoms with van der Waals surface area (Å²) >= 11 is 0. The van der Waals surface area contributed by atoms with Gasteiger partial charge >= 0.3 is 6.03 Å². The second-order valence-electron chi connectivity index (χ2n) is 6.22. The molecule has 1 aliphatic rings. The lowest BCUT2D eigenvalue weighted by molar-refractivity contribution is 0.190. The number of nitriles is 1. The number of hydrogen-bond donors (Lipinski definition) is 1. The average molecular weight is 338 g/mol. The number of aromatic nitrogens is 3. The molecule has 0 unspecified atom stereocenters. The third kappa shape index (κ3) is 3.97. The molecule has 2 heterocycles. The van der Waals surface area contributed by atoms with Crippen molar-refractivity contribution in [2.75, 3.05) is 18.4 Å². The Morgan fingerprint density at radius 3 is 2.92 bits per heavy atom. The Labute approximate surface area is 147 Å². The van der Waals surface area contributed by atoms with Gasteiger partial charge < -0.3 is 14.8 Å². The molecule has 1 atom stereocenters. The standard InChI is InChI=1S/C18H22N6O/c1-2-23-13-20-22-17(23)15-4-3-11-24(12-15)18(25)21-16-7-5-14(6-8-16)9-10-19/h5-8,13,15H,2-4,9,11-12H2,1H3,(H,21,25)/t15-/m0/s1. The van der Waals surface area contributed by atoms with E-state index in [9.17, 15) is 4.79 Å². The molecule has 1 N–H and O–H groups in total. The summed E-state index contributed by atoms with van der Waals surface area (Å²) in [6.45, 7) is 4.29. The van der Waals surface area contributed by atoms with E-state index in [0.717, 1.165) is 43.0 Å². The average Bonchev–Trinajstić information content (AvgIpc) is 3.12. The van der Waals surface area contributed by atoms with Gasteiger partial charge in [0.05, 0.1) is 12.5 Å². The Hall–Kier alpha value is -2.88. The minimum atomic E-state index is -0.0969. The molecule has 0 spiro atoms. The van der Waals surface area contributed by atoms with Crippen LogP contribution in [0.1, 0.15) is 37.1 Å². The number of rotatable bonds is 4. The summed E-state index contributed by atoms with van der Waals surface area (Å²) < 4.78 is 2.04. The number of benzene rings is 1. The van der Waals surface area contributed by atoms with Gasteiger partial charge in [0.1, 0.15) is 12.2 Å². The molecule has 2 amide bonds. The number of hydrogen-bond acceptors (Lipinski definition) is 4. The van der Waals surface area contributed by atoms with E-state index in [1.807, 2.05) is 33.7 Å². The molecule has 1 fully saturated rings. The quantitative estimate of drug-likeness (QED) is 0.928. The van der Waals surface area contributed by atoms with E-state index in [1.165, 1.54) is 0 Å². The Bertz CT molecular complexity index is 761. The maximum atomic E-state index is 12.6. The first kappa shape index (κ1) is 17.0. The van der Waals surface area contributed by atoms with Crippen molar-refractivity contribution in [2.45, 2.75) is 38.6 Å². The highest BCUT2D eigenvalue weighted by molar-refractivity contribution is 5.89. The molecule has 1 aromatic heterocycles. The number of aryl methyl sites for hydroxylation is 1. The highest BCUT2D eigenvalue weighted by Gasteiger charge is 2.27. The van der Waals surface area contributed by atoms with Crippen LogP contribution in [0.4, 0.5) is 10.5 Å². The van der Waals surface area contributed by atoms with Gasteiger partial charge in [0.25, 0.3) is 0 Å². The van der Waals surface area contributed by atoms with Crippen LogP contribution in [0.3, 0.4) is 0 Å². The van der Waals surface area contributed by atoms with E-state index in [-0.39, 0.29) is 11.9 Å². The number of piperidine rings is 1. The zero-order valence-corrected chi connectivity index (χ0v) is 14.4. The first-order valence-electron chi connectivity index (χ1n) is 8.60. The largest absolute Gasteiger partial charge is 0.324 e. The maximum Gasteiger partial charge on any atom is 0.321 e. The normalized spacial score (nSPS) is 17.1. The van der Waals surface area contributed by atoms with Gasteiger partial charge in [0, 0.05) is 31.2 Å². The number of nitrogens with zero attached hydrogens (tertiary/aromatic N) is 5. The minimum absolute atomic E-state index is 0.0969. The van der Waals surface area contributed by atoms with Crippen molar-refractivity contribution in [3.05, 3.63) is 42.0 Å². The number of carbonyl (C=O) groups is 1. The fourth-order valence-electron chi connectivity index (χ4n) is 3.20. The van der Waals surface area contributed by atoms with Gasteiger partial charge in [-0.05, 0) is 37.5 Å². The Morgan fingerprint density at radius 2 is 2.20 bits per heavy atom. The third-order valence-corrected chi connectivity index (χ3v) is 4.55. The van der Waals surface area contributed by atoms with E-state index < -0.39 is 0 Å². The number of likely N-dealkylation sites (tertiary alicyclic amines) is 1. The maximum absolute atomic E-state index is 12.6. The van der Waals surface area contributed by atoms with Crippen LogP contribution >= 0.6 is 0 Å². The second-order valence-corrected chi connectivity index (χ2v) is 6.22. The molecule has 0 saturated carbocycles. The minimum Gasteiger partial charge on any atom is -0.324 e. The summed E-state index contributed by atoms with van der Waals surface area (Å²) in [5.41, 5.74) is 1.68. The fraction of sp³-hybridized carbons (Fsp3) is 0.444. The van der Waals surface area contributed by atoms with Crippen molar-refractivity contribution < 1.29 is 4.79 Å². The molecule has 1 saturated heterocycles. The van der Waals surface area contributed by atoms with E-state index in [4.69, 9.17) is 5.26 Å². The monoisotopic (exact) mass is 338 g/mol. The van der Waals surface area contributed by atoms with Crippen LogP contribution in [0.5, 0.6) is 0 Å². The van der Waals surface area contributed by atoms with Crippen LogP contribution in [0.2, 0.25) is 0 Å². The lowest BCUT2D eigenvalue weighted by atomic mass is 9.97. The molecule has 1 aliphatic heterocycles. The summed E-state index contributed by atoms with van der Waals surface area (Å²) in [6.07, 6.45) is 4.10. The molecule has 3 rings (SSSR count). The summed E-state index contributed by atoms with van der Waals surface area (Å²) in [6, 6.07) is 9.41. The zero-order valence-electron chi connectivity index (χ0n) is 14.4. The Balaban J connectivity index is 1.63. The molecule has 2 aromatic rings. The highest BCUT2D eigenvalue weighted by atomic mass is 16.2. The molecular weight excluding hydrogens is 316 g/mol. The van der Waals surface area contributed by atoms with E-state index >= 15 is 0 Å². The molecule has 0 radical (unpaired) electrons. The summed E-state index contributed by atoms with van der Waals surface area (Å²) in [5.74, 6) is 1.18. The van der Waals surface area contributed by atoms with Crippen LogP contribution in [0, 0.1) is 11.3 Å². The van der Waals surface area contributed by atoms with Crippen molar-refractivity contribution in [3.8, 4) is 6.07 Å². The van der Waals surface area contributed by atoms with Crippen LogP contribution in [0.25, 0.3) is 0 Å². The van der Waals surface area contributed by atoms with Gasteiger partial charge in [0.2, 0.25) is 0 Å². The summed E-state index contributed by atoms with van der Waals surface area (Å²) in [7, 11) is 0. The predicted molar refractivity (Wildman–Crippen MR) is 94.0 cm³/mol. The van der Waals surface area contributed by atoms with Crippen molar-refractivity contribution in [2.24, 2.45) is 0 Å². The summed E-state index contributed by atoms with van der Waals surface area (Å²) in [5, 5.41) is 19.9. The number of urea groups is 1. The molecule has 7 heteroatoms. The predicted octanol–water partition coefficient (Wildman–Crippen LogP) is 2.78. The number of anilines is 1. The summed E-state index contributed by atoms with van der Waals surface area (Å²) in [4.78, 5) is 14.4. The van der Waals surface area contributed by atoms with Gasteiger partial charge in [0.15, 0.2) is 0 Å². The topological polar surface area (TPSA) is 86.8 Å². The van der Waals surface area contributed by atoms with Gasteiger partial charge in [-0.1, -0.05) is 12.1 Å². The number of carbonyl (C=O) groups excluding carboxylic acids is 1. The molecule has 130 valence electrons. The molecule has 1 aromatic carbocycles. The first-order chi connectivity index (χ1) is 12.2. The number of amides is 2. The van der Waals surface area contributed by atoms with Gasteiger partial charge in [-0.2, -0.15) is 5.26 Å². The van der Waals surface area contributed by atoms with E-state index in [2.05, 4.69) is 28.5 Å². The molecular formula is C18H22N6O. The zero-order chi connectivity index (χ0) is 17.6. The fourth-order valence-corrected chi connectivity index (χ4v) is 3.20. The molecule has 0 bridgehead atoms. The smallest absolute Gasteiger partial charge is 0.321 e. The third-order valence-electron chi connectivity index (χ3n) is 4.55. The van der Waals surface area contributed by atoms with E-state index in [0.29, 0.717) is 13.0 Å². The van der Waals surface area contributed by atoms with Gasteiger partial charge in [-0.15, -0.1) is 10.2 Å². The SMILES string of the molecule is CCn1cnnc1[C@H]1CCCN(C(=O)Nc2ccc(CC#N)cc2)C1. The molecule has 25 heavy (non-hydrogen) atoms. The second kappa shape index (κ2) is 7.79. The molecule has 7 nitrogen and oxygen atoms in total. The number of nitrogens with one attached hydrogen (secondary N) is 1. The van der Waals surface area contributed by atoms with Crippen LogP contribution < -0.4 is 5.32 Å². The lowest BCUT2D eigenvalue weighted by Crippen LogP contribution is -2.42. The van der Waals surface area contributed by atoms with Crippen LogP contribution in [0.15, 0.2) is 30.6 Å². The molecule has 0 aliphatic carbocycles. The highest BCUT2D eigenvalue weighted by Crippen LogP contribution is 2.26. The first-order valence-corrected chi connectivity index (χ1v) is 8.60. The Kier molecular flexibility index (Phi) is 5.29. The van der Waals surface area contributed by atoms with Crippen molar-refractivity contribution in [1.29, 1.82) is 5.26 Å². The van der Waals surface area contributed by atoms with Crippen molar-refractivity contribution in [1.82, 2.24) is 19.7 Å². The van der Waals surface area contributed by atoms with Gasteiger partial charge in [-0.3, -0.25) is 0 Å². The van der Waals surface area contributed by atoms with Crippen LogP contribution in [-0.2, 0) is 13.0 Å².